The van der Waals surface area contributed by atoms with Crippen molar-refractivity contribution in [3.05, 3.63) is 64.6 Å². The second-order valence-electron chi connectivity index (χ2n) is 5.93. The molecule has 0 unspecified atom stereocenters. The summed E-state index contributed by atoms with van der Waals surface area (Å²) in [6, 6.07) is 10.1. The SMILES string of the molecule is CCOC(=O)Cc1csc(NN=Cc2cccc(OCc3ccc(C(=O)O)o3)c2)n1. The van der Waals surface area contributed by atoms with Crippen molar-refractivity contribution in [2.75, 3.05) is 12.0 Å². The molecule has 30 heavy (non-hydrogen) atoms. The summed E-state index contributed by atoms with van der Waals surface area (Å²) >= 11 is 1.34. The molecule has 2 N–H and O–H groups in total. The van der Waals surface area contributed by atoms with E-state index in [1.807, 2.05) is 12.1 Å². The third kappa shape index (κ3) is 6.17. The van der Waals surface area contributed by atoms with Gasteiger partial charge in [0.15, 0.2) is 0 Å². The Bertz CT molecular complexity index is 1040. The Morgan fingerprint density at radius 3 is 2.97 bits per heavy atom. The molecule has 156 valence electrons. The summed E-state index contributed by atoms with van der Waals surface area (Å²) in [4.78, 5) is 26.6. The lowest BCUT2D eigenvalue weighted by Crippen LogP contribution is -2.07. The molecule has 10 heteroatoms. The number of carbonyl (C=O) groups excluding carboxylic acids is 1. The molecule has 2 heterocycles. The van der Waals surface area contributed by atoms with Gasteiger partial charge in [-0.1, -0.05) is 12.1 Å². The van der Waals surface area contributed by atoms with Gasteiger partial charge in [0.2, 0.25) is 10.9 Å². The van der Waals surface area contributed by atoms with Crippen LogP contribution < -0.4 is 10.2 Å². The van der Waals surface area contributed by atoms with E-state index in [1.54, 1.807) is 36.7 Å². The Morgan fingerprint density at radius 2 is 2.20 bits per heavy atom. The number of ether oxygens (including phenoxy) is 2. The van der Waals surface area contributed by atoms with E-state index in [-0.39, 0.29) is 24.8 Å². The molecule has 0 aliphatic rings. The lowest BCUT2D eigenvalue weighted by molar-refractivity contribution is -0.142. The van der Waals surface area contributed by atoms with Crippen molar-refractivity contribution in [3.8, 4) is 5.75 Å². The molecule has 0 radical (unpaired) electrons. The van der Waals surface area contributed by atoms with Gasteiger partial charge in [0.25, 0.3) is 0 Å². The van der Waals surface area contributed by atoms with Gasteiger partial charge in [0.05, 0.1) is 24.9 Å². The summed E-state index contributed by atoms with van der Waals surface area (Å²) in [7, 11) is 0. The first-order valence-corrected chi connectivity index (χ1v) is 9.85. The summed E-state index contributed by atoms with van der Waals surface area (Å²) in [5.74, 6) is -0.578. The quantitative estimate of drug-likeness (QED) is 0.285. The van der Waals surface area contributed by atoms with Crippen molar-refractivity contribution < 1.29 is 28.6 Å². The minimum absolute atomic E-state index is 0.106. The van der Waals surface area contributed by atoms with Crippen LogP contribution in [0.15, 0.2) is 51.3 Å². The lowest BCUT2D eigenvalue weighted by Gasteiger charge is -2.04. The molecule has 0 aliphatic carbocycles. The van der Waals surface area contributed by atoms with E-state index in [2.05, 4.69) is 15.5 Å². The van der Waals surface area contributed by atoms with Crippen LogP contribution in [0, 0.1) is 0 Å². The number of carboxylic acid groups (broad SMARTS) is 1. The highest BCUT2D eigenvalue weighted by molar-refractivity contribution is 7.13. The first-order valence-electron chi connectivity index (χ1n) is 8.97. The molecule has 3 aromatic rings. The molecular formula is C20H19N3O6S. The molecule has 0 spiro atoms. The van der Waals surface area contributed by atoms with Crippen molar-refractivity contribution in [2.24, 2.45) is 5.10 Å². The van der Waals surface area contributed by atoms with Gasteiger partial charge >= 0.3 is 11.9 Å². The Balaban J connectivity index is 1.52. The Morgan fingerprint density at radius 1 is 1.33 bits per heavy atom. The van der Waals surface area contributed by atoms with E-state index < -0.39 is 5.97 Å². The van der Waals surface area contributed by atoms with Crippen LogP contribution in [0.4, 0.5) is 5.13 Å². The number of anilines is 1. The number of benzene rings is 1. The molecule has 0 saturated heterocycles. The van der Waals surface area contributed by atoms with Gasteiger partial charge in [-0.25, -0.2) is 9.78 Å². The maximum absolute atomic E-state index is 11.5. The van der Waals surface area contributed by atoms with E-state index in [0.29, 0.717) is 28.9 Å². The van der Waals surface area contributed by atoms with Crippen LogP contribution in [-0.2, 0) is 22.6 Å². The third-order valence-electron chi connectivity index (χ3n) is 3.67. The number of hydrogen-bond acceptors (Lipinski definition) is 9. The number of hydrogen-bond donors (Lipinski definition) is 2. The first-order chi connectivity index (χ1) is 14.5. The highest BCUT2D eigenvalue weighted by atomic mass is 32.1. The second-order valence-corrected chi connectivity index (χ2v) is 6.79. The van der Waals surface area contributed by atoms with Crippen LogP contribution in [0.2, 0.25) is 0 Å². The van der Waals surface area contributed by atoms with Crippen LogP contribution in [0.1, 0.15) is 34.5 Å². The summed E-state index contributed by atoms with van der Waals surface area (Å²) in [6.45, 7) is 2.20. The number of aromatic carboxylic acids is 1. The highest BCUT2D eigenvalue weighted by Crippen LogP contribution is 2.17. The zero-order valence-corrected chi connectivity index (χ0v) is 16.8. The molecule has 2 aromatic heterocycles. The predicted molar refractivity (Wildman–Crippen MR) is 110 cm³/mol. The molecule has 1 aromatic carbocycles. The van der Waals surface area contributed by atoms with Crippen LogP contribution in [0.25, 0.3) is 0 Å². The minimum atomic E-state index is -1.12. The number of thiazole rings is 1. The number of carboxylic acids is 1. The number of hydrazone groups is 1. The summed E-state index contributed by atoms with van der Waals surface area (Å²) < 4.78 is 15.7. The van der Waals surface area contributed by atoms with Crippen LogP contribution in [-0.4, -0.2) is 34.9 Å². The molecule has 0 aliphatic heterocycles. The van der Waals surface area contributed by atoms with E-state index in [0.717, 1.165) is 5.56 Å². The Hall–Kier alpha value is -3.66. The number of carbonyl (C=O) groups is 2. The van der Waals surface area contributed by atoms with Gasteiger partial charge in [-0.2, -0.15) is 5.10 Å². The maximum atomic E-state index is 11.5. The van der Waals surface area contributed by atoms with Gasteiger partial charge in [-0.3, -0.25) is 10.2 Å². The monoisotopic (exact) mass is 429 g/mol. The van der Waals surface area contributed by atoms with Crippen molar-refractivity contribution in [3.63, 3.8) is 0 Å². The number of aromatic nitrogens is 1. The van der Waals surface area contributed by atoms with Crippen LogP contribution in [0.3, 0.4) is 0 Å². The average Bonchev–Trinajstić information content (AvgIpc) is 3.37. The predicted octanol–water partition coefficient (Wildman–Crippen LogP) is 3.56. The number of nitrogens with zero attached hydrogens (tertiary/aromatic N) is 2. The van der Waals surface area contributed by atoms with E-state index in [4.69, 9.17) is 19.0 Å². The average molecular weight is 429 g/mol. The Kier molecular flexibility index (Phi) is 7.17. The molecular weight excluding hydrogens is 410 g/mol. The van der Waals surface area contributed by atoms with Crippen molar-refractivity contribution in [1.82, 2.24) is 4.98 Å². The largest absolute Gasteiger partial charge is 0.486 e. The summed E-state index contributed by atoms with van der Waals surface area (Å²) in [5.41, 5.74) is 4.23. The van der Waals surface area contributed by atoms with Gasteiger partial charge in [-0.05, 0) is 36.8 Å². The van der Waals surface area contributed by atoms with Crippen molar-refractivity contribution in [2.45, 2.75) is 20.0 Å². The van der Waals surface area contributed by atoms with E-state index >= 15 is 0 Å². The zero-order chi connectivity index (χ0) is 21.3. The van der Waals surface area contributed by atoms with E-state index in [1.165, 1.54) is 17.4 Å². The third-order valence-corrected chi connectivity index (χ3v) is 4.46. The molecule has 0 bridgehead atoms. The molecule has 3 rings (SSSR count). The Labute approximate surface area is 176 Å². The van der Waals surface area contributed by atoms with Gasteiger partial charge in [-0.15, -0.1) is 11.3 Å². The first kappa shape index (κ1) is 21.1. The lowest BCUT2D eigenvalue weighted by atomic mass is 10.2. The zero-order valence-electron chi connectivity index (χ0n) is 16.0. The van der Waals surface area contributed by atoms with E-state index in [9.17, 15) is 9.59 Å². The fourth-order valence-corrected chi connectivity index (χ4v) is 3.03. The molecule has 0 amide bonds. The second kappa shape index (κ2) is 10.2. The normalized spacial score (nSPS) is 10.8. The molecule has 0 atom stereocenters. The number of furan rings is 1. The fraction of sp³-hybridized carbons (Fsp3) is 0.200. The fourth-order valence-electron chi connectivity index (χ4n) is 2.37. The number of esters is 1. The topological polar surface area (TPSA) is 123 Å². The molecule has 0 fully saturated rings. The van der Waals surface area contributed by atoms with Crippen LogP contribution >= 0.6 is 11.3 Å². The van der Waals surface area contributed by atoms with Gasteiger partial charge < -0.3 is 19.0 Å². The maximum Gasteiger partial charge on any atom is 0.371 e. The van der Waals surface area contributed by atoms with Gasteiger partial charge in [0, 0.05) is 5.38 Å². The smallest absolute Gasteiger partial charge is 0.371 e. The van der Waals surface area contributed by atoms with Gasteiger partial charge in [0.1, 0.15) is 18.1 Å². The minimum Gasteiger partial charge on any atom is -0.486 e. The summed E-state index contributed by atoms with van der Waals surface area (Å²) in [6.07, 6.45) is 1.73. The van der Waals surface area contributed by atoms with Crippen molar-refractivity contribution in [1.29, 1.82) is 0 Å². The standard InChI is InChI=1S/C20H19N3O6S/c1-2-27-18(24)9-14-12-30-20(22-14)23-21-10-13-4-3-5-15(8-13)28-11-16-6-7-17(29-16)19(25)26/h3-8,10,12H,2,9,11H2,1H3,(H,22,23)(H,25,26). The molecule has 0 saturated carbocycles. The van der Waals surface area contributed by atoms with Crippen molar-refractivity contribution >= 4 is 34.6 Å². The highest BCUT2D eigenvalue weighted by Gasteiger charge is 2.09. The molecule has 9 nitrogen and oxygen atoms in total. The number of nitrogens with one attached hydrogen (secondary N) is 1. The van der Waals surface area contributed by atoms with Crippen LogP contribution in [0.5, 0.6) is 5.75 Å². The number of rotatable bonds is 10. The summed E-state index contributed by atoms with van der Waals surface area (Å²) in [5, 5.41) is 15.3.